The minimum atomic E-state index is 0.702. The first-order chi connectivity index (χ1) is 13.8. The van der Waals surface area contributed by atoms with E-state index in [9.17, 15) is 0 Å². The number of rotatable bonds is 5. The van der Waals surface area contributed by atoms with Gasteiger partial charge in [0.05, 0.1) is 25.1 Å². The van der Waals surface area contributed by atoms with Crippen LogP contribution in [0.2, 0.25) is 0 Å². The number of nitrogens with one attached hydrogen (secondary N) is 2. The summed E-state index contributed by atoms with van der Waals surface area (Å²) < 4.78 is 5.51. The van der Waals surface area contributed by atoms with E-state index in [2.05, 4.69) is 42.8 Å². The first-order valence-electron chi connectivity index (χ1n) is 9.30. The van der Waals surface area contributed by atoms with Crippen LogP contribution in [0.25, 0.3) is 27.9 Å². The van der Waals surface area contributed by atoms with E-state index in [4.69, 9.17) is 9.72 Å². The molecule has 0 radical (unpaired) electrons. The van der Waals surface area contributed by atoms with Gasteiger partial charge in [0.2, 0.25) is 0 Å². The molecule has 4 heterocycles. The van der Waals surface area contributed by atoms with Gasteiger partial charge in [-0.3, -0.25) is 10.1 Å². The van der Waals surface area contributed by atoms with Crippen molar-refractivity contribution in [3.05, 3.63) is 42.2 Å². The number of anilines is 1. The van der Waals surface area contributed by atoms with Gasteiger partial charge < -0.3 is 15.1 Å². The van der Waals surface area contributed by atoms with Crippen LogP contribution in [0.1, 0.15) is 12.5 Å². The van der Waals surface area contributed by atoms with Crippen molar-refractivity contribution < 1.29 is 4.74 Å². The lowest BCUT2D eigenvalue weighted by Gasteiger charge is -2.28. The number of pyridine rings is 2. The quantitative estimate of drug-likeness (QED) is 0.524. The van der Waals surface area contributed by atoms with Crippen molar-refractivity contribution in [3.8, 4) is 11.4 Å². The maximum Gasteiger partial charge on any atom is 0.130 e. The molecule has 0 saturated carbocycles. The van der Waals surface area contributed by atoms with Crippen LogP contribution < -0.4 is 10.3 Å². The molecular formula is C20H23N7O. The number of morpholine rings is 1. The second-order valence-electron chi connectivity index (χ2n) is 6.38. The fourth-order valence-corrected chi connectivity index (χ4v) is 3.35. The number of allylic oxidation sites excluding steroid dienone is 2. The lowest BCUT2D eigenvalue weighted by molar-refractivity contribution is 0.122. The van der Waals surface area contributed by atoms with E-state index in [1.54, 1.807) is 19.4 Å². The molecule has 144 valence electrons. The molecule has 28 heavy (non-hydrogen) atoms. The second-order valence-corrected chi connectivity index (χ2v) is 6.38. The summed E-state index contributed by atoms with van der Waals surface area (Å²) in [5.74, 6) is 0.914. The summed E-state index contributed by atoms with van der Waals surface area (Å²) in [5.41, 5.74) is 7.36. The number of fused-ring (bicyclic) bond motifs is 1. The minimum Gasteiger partial charge on any atom is -0.378 e. The largest absolute Gasteiger partial charge is 0.378 e. The zero-order valence-electron chi connectivity index (χ0n) is 16.0. The van der Waals surface area contributed by atoms with Crippen LogP contribution in [-0.2, 0) is 4.74 Å². The molecule has 1 aliphatic heterocycles. The number of hydrogen-bond acceptors (Lipinski definition) is 7. The molecule has 1 saturated heterocycles. The first-order valence-corrected chi connectivity index (χ1v) is 9.30. The molecule has 0 amide bonds. The molecule has 8 heteroatoms. The summed E-state index contributed by atoms with van der Waals surface area (Å²) in [5, 5.41) is 12.3. The number of hydrazone groups is 1. The van der Waals surface area contributed by atoms with Crippen molar-refractivity contribution in [2.75, 3.05) is 38.3 Å². The molecule has 0 bridgehead atoms. The molecule has 0 unspecified atom stereocenters. The van der Waals surface area contributed by atoms with Gasteiger partial charge in [-0.2, -0.15) is 10.2 Å². The highest BCUT2D eigenvalue weighted by molar-refractivity contribution is 6.15. The number of hydrogen-bond donors (Lipinski definition) is 2. The van der Waals surface area contributed by atoms with Crippen LogP contribution in [-0.4, -0.2) is 59.7 Å². The standard InChI is InChI=1S/C20H23N7O/c1-3-14(13-24-21-2)16-12-18(27-8-10-28-11-9-27)25-19-15(16)4-6-22-20(19)17-5-7-23-26-17/h3-7,12-13,21H,8-11H2,1-2H3,(H,23,26)/b14-3+,24-13-. The molecule has 2 N–H and O–H groups in total. The van der Waals surface area contributed by atoms with Gasteiger partial charge in [-0.15, -0.1) is 0 Å². The summed E-state index contributed by atoms with van der Waals surface area (Å²) in [7, 11) is 1.79. The van der Waals surface area contributed by atoms with Crippen molar-refractivity contribution in [2.24, 2.45) is 5.10 Å². The smallest absolute Gasteiger partial charge is 0.130 e. The molecule has 0 aromatic carbocycles. The molecule has 1 fully saturated rings. The maximum absolute atomic E-state index is 5.51. The Morgan fingerprint density at radius 2 is 2.14 bits per heavy atom. The summed E-state index contributed by atoms with van der Waals surface area (Å²) in [4.78, 5) is 11.8. The molecule has 4 rings (SSSR count). The number of aromatic nitrogens is 4. The van der Waals surface area contributed by atoms with Gasteiger partial charge in [-0.1, -0.05) is 6.08 Å². The van der Waals surface area contributed by atoms with Gasteiger partial charge in [0.1, 0.15) is 17.0 Å². The predicted molar refractivity (Wildman–Crippen MR) is 111 cm³/mol. The molecular weight excluding hydrogens is 354 g/mol. The minimum absolute atomic E-state index is 0.702. The van der Waals surface area contributed by atoms with Gasteiger partial charge >= 0.3 is 0 Å². The van der Waals surface area contributed by atoms with Crippen LogP contribution in [0.5, 0.6) is 0 Å². The Morgan fingerprint density at radius 3 is 2.86 bits per heavy atom. The van der Waals surface area contributed by atoms with E-state index in [-0.39, 0.29) is 0 Å². The monoisotopic (exact) mass is 377 g/mol. The molecule has 1 aliphatic rings. The van der Waals surface area contributed by atoms with E-state index in [0.717, 1.165) is 52.3 Å². The lowest BCUT2D eigenvalue weighted by Crippen LogP contribution is -2.36. The lowest BCUT2D eigenvalue weighted by atomic mass is 10.0. The zero-order chi connectivity index (χ0) is 19.3. The Bertz CT molecular complexity index is 1000. The second kappa shape index (κ2) is 8.18. The Hall–Kier alpha value is -3.26. The van der Waals surface area contributed by atoms with Crippen molar-refractivity contribution in [1.29, 1.82) is 0 Å². The van der Waals surface area contributed by atoms with Crippen molar-refractivity contribution in [1.82, 2.24) is 25.6 Å². The molecule has 8 nitrogen and oxygen atoms in total. The Morgan fingerprint density at radius 1 is 1.29 bits per heavy atom. The highest BCUT2D eigenvalue weighted by atomic mass is 16.5. The van der Waals surface area contributed by atoms with Crippen molar-refractivity contribution in [3.63, 3.8) is 0 Å². The number of aromatic amines is 1. The fourth-order valence-electron chi connectivity index (χ4n) is 3.35. The third kappa shape index (κ3) is 3.46. The normalized spacial score (nSPS) is 15.5. The van der Waals surface area contributed by atoms with Crippen molar-refractivity contribution in [2.45, 2.75) is 6.92 Å². The van der Waals surface area contributed by atoms with E-state index in [0.29, 0.717) is 13.2 Å². The van der Waals surface area contributed by atoms with Gasteiger partial charge in [0, 0.05) is 37.9 Å². The molecule has 3 aromatic heterocycles. The van der Waals surface area contributed by atoms with E-state index >= 15 is 0 Å². The topological polar surface area (TPSA) is 91.3 Å². The van der Waals surface area contributed by atoms with Gasteiger partial charge in [0.25, 0.3) is 0 Å². The summed E-state index contributed by atoms with van der Waals surface area (Å²) >= 11 is 0. The predicted octanol–water partition coefficient (Wildman–Crippen LogP) is 2.46. The average molecular weight is 377 g/mol. The number of ether oxygens (including phenoxy) is 1. The fraction of sp³-hybridized carbons (Fsp3) is 0.300. The zero-order valence-corrected chi connectivity index (χ0v) is 16.0. The highest BCUT2D eigenvalue weighted by Crippen LogP contribution is 2.32. The Labute approximate surface area is 163 Å². The third-order valence-corrected chi connectivity index (χ3v) is 4.76. The van der Waals surface area contributed by atoms with Crippen LogP contribution in [0.3, 0.4) is 0 Å². The molecule has 0 atom stereocenters. The highest BCUT2D eigenvalue weighted by Gasteiger charge is 2.19. The van der Waals surface area contributed by atoms with E-state index < -0.39 is 0 Å². The summed E-state index contributed by atoms with van der Waals surface area (Å²) in [6, 6.07) is 6.03. The average Bonchev–Trinajstić information content (AvgIpc) is 3.29. The summed E-state index contributed by atoms with van der Waals surface area (Å²) in [6.07, 6.45) is 7.41. The third-order valence-electron chi connectivity index (χ3n) is 4.76. The van der Waals surface area contributed by atoms with Gasteiger partial charge in [0.15, 0.2) is 0 Å². The SMILES string of the molecule is C/C=C(\C=N/NC)c1cc(N2CCOCC2)nc2c(-c3ccn[nH]3)nccc12. The number of nitrogens with zero attached hydrogens (tertiary/aromatic N) is 5. The number of H-pyrrole nitrogens is 1. The molecule has 0 spiro atoms. The van der Waals surface area contributed by atoms with Crippen LogP contribution >= 0.6 is 0 Å². The first kappa shape index (κ1) is 18.1. The van der Waals surface area contributed by atoms with E-state index in [1.807, 2.05) is 25.3 Å². The summed E-state index contributed by atoms with van der Waals surface area (Å²) in [6.45, 7) is 5.04. The molecule has 0 aliphatic carbocycles. The maximum atomic E-state index is 5.51. The molecule has 3 aromatic rings. The van der Waals surface area contributed by atoms with E-state index in [1.165, 1.54) is 0 Å². The van der Waals surface area contributed by atoms with Gasteiger partial charge in [-0.05, 0) is 36.3 Å². The van der Waals surface area contributed by atoms with Crippen molar-refractivity contribution >= 4 is 28.5 Å². The van der Waals surface area contributed by atoms with Crippen LogP contribution in [0.4, 0.5) is 5.82 Å². The Kier molecular flexibility index (Phi) is 5.29. The van der Waals surface area contributed by atoms with Crippen LogP contribution in [0.15, 0.2) is 41.8 Å². The van der Waals surface area contributed by atoms with Gasteiger partial charge in [-0.25, -0.2) is 4.98 Å². The van der Waals surface area contributed by atoms with Crippen LogP contribution in [0, 0.1) is 0 Å². The Balaban J connectivity index is 1.95.